The largest absolute Gasteiger partial charge is 0.321 e. The van der Waals surface area contributed by atoms with Gasteiger partial charge in [-0.15, -0.1) is 0 Å². The van der Waals surface area contributed by atoms with Crippen LogP contribution in [0.3, 0.4) is 0 Å². The van der Waals surface area contributed by atoms with Gasteiger partial charge in [0.25, 0.3) is 0 Å². The highest BCUT2D eigenvalue weighted by Crippen LogP contribution is 2.43. The van der Waals surface area contributed by atoms with Crippen molar-refractivity contribution in [3.63, 3.8) is 0 Å². The Labute approximate surface area is 99.2 Å². The van der Waals surface area contributed by atoms with E-state index in [0.29, 0.717) is 0 Å². The van der Waals surface area contributed by atoms with Gasteiger partial charge in [0, 0.05) is 10.0 Å². The molecule has 0 aliphatic heterocycles. The predicted octanol–water partition coefficient (Wildman–Crippen LogP) is 3.28. The number of rotatable bonds is 1. The van der Waals surface area contributed by atoms with Gasteiger partial charge in [-0.05, 0) is 67.3 Å². The molecule has 0 radical (unpaired) electrons. The van der Waals surface area contributed by atoms with Crippen molar-refractivity contribution in [1.29, 1.82) is 0 Å². The molecule has 2 N–H and O–H groups in total. The van der Waals surface area contributed by atoms with Crippen LogP contribution < -0.4 is 5.73 Å². The van der Waals surface area contributed by atoms with Crippen LogP contribution in [0.25, 0.3) is 0 Å². The molecule has 2 aliphatic rings. The van der Waals surface area contributed by atoms with Crippen LogP contribution in [0.4, 0.5) is 0 Å². The molecule has 0 spiro atoms. The normalized spacial score (nSPS) is 22.3. The van der Waals surface area contributed by atoms with E-state index in [4.69, 9.17) is 5.73 Å². The van der Waals surface area contributed by atoms with Crippen LogP contribution in [-0.2, 0) is 18.4 Å². The van der Waals surface area contributed by atoms with E-state index in [-0.39, 0.29) is 5.54 Å². The van der Waals surface area contributed by atoms with Crippen LogP contribution in [0.15, 0.2) is 16.6 Å². The number of benzene rings is 1. The monoisotopic (exact) mass is 265 g/mol. The lowest BCUT2D eigenvalue weighted by Gasteiger charge is -2.40. The molecule has 0 unspecified atom stereocenters. The molecule has 2 heteroatoms. The fourth-order valence-corrected chi connectivity index (χ4v) is 3.44. The van der Waals surface area contributed by atoms with E-state index >= 15 is 0 Å². The molecule has 0 bridgehead atoms. The van der Waals surface area contributed by atoms with Gasteiger partial charge in [0.2, 0.25) is 0 Å². The minimum atomic E-state index is -0.00178. The van der Waals surface area contributed by atoms with Crippen molar-refractivity contribution >= 4 is 15.9 Å². The molecule has 80 valence electrons. The van der Waals surface area contributed by atoms with Crippen LogP contribution in [0.1, 0.15) is 42.4 Å². The number of hydrogen-bond acceptors (Lipinski definition) is 1. The molecule has 1 fully saturated rings. The second-order valence-electron chi connectivity index (χ2n) is 4.95. The molecule has 0 aromatic heterocycles. The summed E-state index contributed by atoms with van der Waals surface area (Å²) in [6.45, 7) is 0. The number of fused-ring (bicyclic) bond motifs is 1. The quantitative estimate of drug-likeness (QED) is 0.829. The van der Waals surface area contributed by atoms with Crippen molar-refractivity contribution in [2.75, 3.05) is 0 Å². The Morgan fingerprint density at radius 3 is 2.60 bits per heavy atom. The third-order valence-corrected chi connectivity index (χ3v) is 4.42. The van der Waals surface area contributed by atoms with Gasteiger partial charge in [-0.1, -0.05) is 15.9 Å². The zero-order valence-corrected chi connectivity index (χ0v) is 10.4. The molecular formula is C13H16BrN. The summed E-state index contributed by atoms with van der Waals surface area (Å²) < 4.78 is 1.20. The van der Waals surface area contributed by atoms with Gasteiger partial charge >= 0.3 is 0 Å². The van der Waals surface area contributed by atoms with Gasteiger partial charge < -0.3 is 5.73 Å². The van der Waals surface area contributed by atoms with E-state index in [2.05, 4.69) is 28.1 Å². The third-order valence-electron chi connectivity index (χ3n) is 3.96. The molecule has 0 amide bonds. The second-order valence-corrected chi connectivity index (χ2v) is 5.87. The van der Waals surface area contributed by atoms with Crippen molar-refractivity contribution in [3.05, 3.63) is 33.3 Å². The Balaban J connectivity index is 2.14. The Morgan fingerprint density at radius 2 is 1.93 bits per heavy atom. The number of halogens is 1. The first-order chi connectivity index (χ1) is 7.19. The summed E-state index contributed by atoms with van der Waals surface area (Å²) in [5.41, 5.74) is 11.0. The van der Waals surface area contributed by atoms with E-state index in [1.807, 2.05) is 0 Å². The molecule has 3 rings (SSSR count). The van der Waals surface area contributed by atoms with Crippen molar-refractivity contribution in [2.45, 2.75) is 44.1 Å². The Hall–Kier alpha value is -0.340. The molecular weight excluding hydrogens is 250 g/mol. The molecule has 1 saturated carbocycles. The average Bonchev–Trinajstić information content (AvgIpc) is 2.60. The Morgan fingerprint density at radius 1 is 1.13 bits per heavy atom. The molecule has 15 heavy (non-hydrogen) atoms. The second kappa shape index (κ2) is 3.33. The summed E-state index contributed by atoms with van der Waals surface area (Å²) in [6.07, 6.45) is 7.38. The maximum absolute atomic E-state index is 6.45. The maximum Gasteiger partial charge on any atom is 0.0412 e. The van der Waals surface area contributed by atoms with E-state index in [0.717, 1.165) is 12.8 Å². The highest BCUT2D eigenvalue weighted by Gasteiger charge is 2.37. The van der Waals surface area contributed by atoms with Crippen LogP contribution in [0.2, 0.25) is 0 Å². The molecule has 0 atom stereocenters. The van der Waals surface area contributed by atoms with Crippen molar-refractivity contribution < 1.29 is 0 Å². The van der Waals surface area contributed by atoms with Gasteiger partial charge in [-0.3, -0.25) is 0 Å². The Kier molecular flexibility index (Phi) is 2.18. The van der Waals surface area contributed by atoms with Crippen molar-refractivity contribution in [1.82, 2.24) is 0 Å². The summed E-state index contributed by atoms with van der Waals surface area (Å²) in [7, 11) is 0. The first-order valence-corrected chi connectivity index (χ1v) is 6.59. The average molecular weight is 266 g/mol. The molecule has 2 aliphatic carbocycles. The smallest absolute Gasteiger partial charge is 0.0412 e. The van der Waals surface area contributed by atoms with Crippen LogP contribution >= 0.6 is 15.9 Å². The van der Waals surface area contributed by atoms with E-state index in [1.165, 1.54) is 41.3 Å². The molecule has 1 aromatic carbocycles. The van der Waals surface area contributed by atoms with Crippen molar-refractivity contribution in [3.8, 4) is 0 Å². The topological polar surface area (TPSA) is 26.0 Å². The van der Waals surface area contributed by atoms with Gasteiger partial charge in [-0.2, -0.15) is 0 Å². The lowest BCUT2D eigenvalue weighted by Crippen LogP contribution is -2.44. The van der Waals surface area contributed by atoms with E-state index in [1.54, 1.807) is 5.56 Å². The predicted molar refractivity (Wildman–Crippen MR) is 65.9 cm³/mol. The fraction of sp³-hybridized carbons (Fsp3) is 0.538. The standard InChI is InChI=1S/C13H16BrN/c14-10-7-9-3-1-4-11(9)12(8-10)13(15)5-2-6-13/h7-8H,1-6,15H2. The van der Waals surface area contributed by atoms with Crippen LogP contribution in [0.5, 0.6) is 0 Å². The Bertz CT molecular complexity index is 407. The van der Waals surface area contributed by atoms with Gasteiger partial charge in [-0.25, -0.2) is 0 Å². The van der Waals surface area contributed by atoms with Gasteiger partial charge in [0.05, 0.1) is 0 Å². The van der Waals surface area contributed by atoms with E-state index in [9.17, 15) is 0 Å². The summed E-state index contributed by atoms with van der Waals surface area (Å²) in [5.74, 6) is 0. The van der Waals surface area contributed by atoms with Gasteiger partial charge in [0.1, 0.15) is 0 Å². The van der Waals surface area contributed by atoms with Crippen molar-refractivity contribution in [2.24, 2.45) is 5.73 Å². The maximum atomic E-state index is 6.45. The zero-order valence-electron chi connectivity index (χ0n) is 8.85. The SMILES string of the molecule is NC1(c2cc(Br)cc3c2CCC3)CCC1. The number of hydrogen-bond donors (Lipinski definition) is 1. The van der Waals surface area contributed by atoms with Gasteiger partial charge in [0.15, 0.2) is 0 Å². The van der Waals surface area contributed by atoms with E-state index < -0.39 is 0 Å². The summed E-state index contributed by atoms with van der Waals surface area (Å²) in [5, 5.41) is 0. The molecule has 0 heterocycles. The zero-order chi connectivity index (χ0) is 10.5. The fourth-order valence-electron chi connectivity index (χ4n) is 2.94. The van der Waals surface area contributed by atoms with Crippen LogP contribution in [-0.4, -0.2) is 0 Å². The minimum Gasteiger partial charge on any atom is -0.321 e. The lowest BCUT2D eigenvalue weighted by atomic mass is 9.71. The summed E-state index contributed by atoms with van der Waals surface area (Å²) in [4.78, 5) is 0. The molecule has 1 aromatic rings. The summed E-state index contributed by atoms with van der Waals surface area (Å²) >= 11 is 3.61. The molecule has 0 saturated heterocycles. The first kappa shape index (κ1) is 9.86. The first-order valence-electron chi connectivity index (χ1n) is 5.80. The third kappa shape index (κ3) is 1.46. The van der Waals surface area contributed by atoms with Crippen LogP contribution in [0, 0.1) is 0 Å². The highest BCUT2D eigenvalue weighted by molar-refractivity contribution is 9.10. The lowest BCUT2D eigenvalue weighted by molar-refractivity contribution is 0.252. The summed E-state index contributed by atoms with van der Waals surface area (Å²) in [6, 6.07) is 4.52. The number of aryl methyl sites for hydroxylation is 1. The molecule has 1 nitrogen and oxygen atoms in total. The minimum absolute atomic E-state index is 0.00178. The number of nitrogens with two attached hydrogens (primary N) is 1. The highest BCUT2D eigenvalue weighted by atomic mass is 79.9.